The number of aromatic nitrogens is 1. The zero-order valence-corrected chi connectivity index (χ0v) is 11.7. The molecule has 1 heterocycles. The Morgan fingerprint density at radius 3 is 2.26 bits per heavy atom. The molecule has 0 amide bonds. The number of nitrogens with zero attached hydrogens (tertiary/aromatic N) is 1. The number of benzene rings is 2. The molecular formula is C17H10F3NO2. The largest absolute Gasteiger partial charge is 0.437 e. The van der Waals surface area contributed by atoms with Crippen LogP contribution in [0.25, 0.3) is 22.8 Å². The van der Waals surface area contributed by atoms with Gasteiger partial charge >= 0.3 is 6.18 Å². The van der Waals surface area contributed by atoms with Crippen LogP contribution in [0.2, 0.25) is 0 Å². The van der Waals surface area contributed by atoms with Crippen LogP contribution >= 0.6 is 0 Å². The molecule has 2 aromatic carbocycles. The third-order valence-electron chi connectivity index (χ3n) is 3.17. The lowest BCUT2D eigenvalue weighted by Crippen LogP contribution is -2.07. The van der Waals surface area contributed by atoms with Crippen molar-refractivity contribution < 1.29 is 17.6 Å². The molecule has 0 aliphatic carbocycles. The summed E-state index contributed by atoms with van der Waals surface area (Å²) in [4.78, 5) is 15.4. The zero-order valence-electron chi connectivity index (χ0n) is 11.7. The molecule has 0 saturated heterocycles. The number of alkyl halides is 3. The standard InChI is InChI=1S/C17H10F3NO2/c18-17(19,20)13-8-4-7-12(9-13)16-21-15(22)10-14(23-16)11-5-2-1-3-6-11/h1-10H. The first-order valence-electron chi connectivity index (χ1n) is 6.69. The van der Waals surface area contributed by atoms with Gasteiger partial charge in [-0.05, 0) is 18.2 Å². The Morgan fingerprint density at radius 1 is 0.870 bits per heavy atom. The maximum atomic E-state index is 12.8. The van der Waals surface area contributed by atoms with Gasteiger partial charge in [-0.2, -0.15) is 18.2 Å². The van der Waals surface area contributed by atoms with Gasteiger partial charge in [0.1, 0.15) is 5.76 Å². The minimum absolute atomic E-state index is 0.0923. The van der Waals surface area contributed by atoms with E-state index in [0.717, 1.165) is 12.1 Å². The van der Waals surface area contributed by atoms with E-state index in [4.69, 9.17) is 4.42 Å². The average Bonchev–Trinajstić information content (AvgIpc) is 2.54. The molecule has 0 unspecified atom stereocenters. The van der Waals surface area contributed by atoms with Crippen molar-refractivity contribution in [2.75, 3.05) is 0 Å². The van der Waals surface area contributed by atoms with Crippen molar-refractivity contribution >= 4 is 0 Å². The molecular weight excluding hydrogens is 307 g/mol. The van der Waals surface area contributed by atoms with Crippen LogP contribution in [0.1, 0.15) is 5.56 Å². The Hall–Kier alpha value is -2.89. The molecule has 116 valence electrons. The van der Waals surface area contributed by atoms with Gasteiger partial charge in [-0.25, -0.2) is 0 Å². The van der Waals surface area contributed by atoms with E-state index < -0.39 is 17.3 Å². The van der Waals surface area contributed by atoms with E-state index in [1.54, 1.807) is 30.3 Å². The zero-order chi connectivity index (χ0) is 16.4. The molecule has 0 radical (unpaired) electrons. The van der Waals surface area contributed by atoms with Gasteiger partial charge < -0.3 is 4.42 Å². The van der Waals surface area contributed by atoms with Gasteiger partial charge in [-0.15, -0.1) is 0 Å². The normalized spacial score (nSPS) is 11.4. The molecule has 0 fully saturated rings. The van der Waals surface area contributed by atoms with Crippen molar-refractivity contribution in [3.8, 4) is 22.8 Å². The van der Waals surface area contributed by atoms with Gasteiger partial charge in [-0.1, -0.05) is 36.4 Å². The molecule has 1 aromatic heterocycles. The summed E-state index contributed by atoms with van der Waals surface area (Å²) < 4.78 is 43.9. The Morgan fingerprint density at radius 2 is 1.57 bits per heavy atom. The SMILES string of the molecule is O=c1cc(-c2ccccc2)oc(-c2cccc(C(F)(F)F)c2)n1. The molecule has 0 atom stereocenters. The van der Waals surface area contributed by atoms with Gasteiger partial charge in [0.2, 0.25) is 5.89 Å². The molecule has 23 heavy (non-hydrogen) atoms. The molecule has 3 rings (SSSR count). The highest BCUT2D eigenvalue weighted by Gasteiger charge is 2.30. The second-order valence-electron chi connectivity index (χ2n) is 4.81. The van der Waals surface area contributed by atoms with E-state index in [-0.39, 0.29) is 17.2 Å². The highest BCUT2D eigenvalue weighted by molar-refractivity contribution is 5.60. The highest BCUT2D eigenvalue weighted by atomic mass is 19.4. The van der Waals surface area contributed by atoms with Crippen LogP contribution in [-0.4, -0.2) is 4.98 Å². The minimum Gasteiger partial charge on any atom is -0.437 e. The van der Waals surface area contributed by atoms with Crippen molar-refractivity contribution in [1.82, 2.24) is 4.98 Å². The summed E-state index contributed by atoms with van der Waals surface area (Å²) in [6.07, 6.45) is -4.48. The summed E-state index contributed by atoms with van der Waals surface area (Å²) in [6.45, 7) is 0. The van der Waals surface area contributed by atoms with Crippen LogP contribution in [-0.2, 0) is 6.18 Å². The molecule has 0 N–H and O–H groups in total. The molecule has 3 nitrogen and oxygen atoms in total. The summed E-state index contributed by atoms with van der Waals surface area (Å²) in [5.74, 6) is 0.0977. The Balaban J connectivity index is 2.11. The van der Waals surface area contributed by atoms with Crippen molar-refractivity contribution in [1.29, 1.82) is 0 Å². The summed E-state index contributed by atoms with van der Waals surface area (Å²) in [5.41, 5.74) is -0.679. The van der Waals surface area contributed by atoms with E-state index in [1.807, 2.05) is 0 Å². The molecule has 0 spiro atoms. The maximum absolute atomic E-state index is 12.8. The smallest absolute Gasteiger partial charge is 0.416 e. The summed E-state index contributed by atoms with van der Waals surface area (Å²) in [7, 11) is 0. The predicted octanol–water partition coefficient (Wildman–Crippen LogP) is 4.39. The average molecular weight is 317 g/mol. The van der Waals surface area contributed by atoms with Crippen molar-refractivity contribution in [3.63, 3.8) is 0 Å². The van der Waals surface area contributed by atoms with Crippen LogP contribution in [0.3, 0.4) is 0 Å². The van der Waals surface area contributed by atoms with Crippen LogP contribution in [0.5, 0.6) is 0 Å². The van der Waals surface area contributed by atoms with Crippen LogP contribution < -0.4 is 5.56 Å². The molecule has 0 aliphatic rings. The van der Waals surface area contributed by atoms with Crippen molar-refractivity contribution in [2.45, 2.75) is 6.18 Å². The number of hydrogen-bond acceptors (Lipinski definition) is 3. The van der Waals surface area contributed by atoms with Gasteiger partial charge in [0, 0.05) is 17.2 Å². The monoisotopic (exact) mass is 317 g/mol. The Labute approximate surface area is 129 Å². The van der Waals surface area contributed by atoms with E-state index >= 15 is 0 Å². The predicted molar refractivity (Wildman–Crippen MR) is 78.6 cm³/mol. The topological polar surface area (TPSA) is 43.1 Å². The van der Waals surface area contributed by atoms with E-state index in [9.17, 15) is 18.0 Å². The Bertz CT molecular complexity index is 886. The quantitative estimate of drug-likeness (QED) is 0.704. The van der Waals surface area contributed by atoms with Gasteiger partial charge in [-0.3, -0.25) is 4.79 Å². The third kappa shape index (κ3) is 3.31. The minimum atomic E-state index is -4.48. The van der Waals surface area contributed by atoms with E-state index in [2.05, 4.69) is 4.98 Å². The van der Waals surface area contributed by atoms with Crippen molar-refractivity contribution in [3.05, 3.63) is 76.6 Å². The first kappa shape index (κ1) is 15.0. The fourth-order valence-electron chi connectivity index (χ4n) is 2.10. The van der Waals surface area contributed by atoms with Gasteiger partial charge in [0.15, 0.2) is 0 Å². The first-order valence-corrected chi connectivity index (χ1v) is 6.69. The number of hydrogen-bond donors (Lipinski definition) is 0. The number of rotatable bonds is 2. The third-order valence-corrected chi connectivity index (χ3v) is 3.17. The fraction of sp³-hybridized carbons (Fsp3) is 0.0588. The molecule has 0 bridgehead atoms. The lowest BCUT2D eigenvalue weighted by atomic mass is 10.1. The lowest BCUT2D eigenvalue weighted by molar-refractivity contribution is -0.137. The molecule has 0 saturated carbocycles. The fourth-order valence-corrected chi connectivity index (χ4v) is 2.10. The van der Waals surface area contributed by atoms with Crippen molar-refractivity contribution in [2.24, 2.45) is 0 Å². The molecule has 0 aliphatic heterocycles. The van der Waals surface area contributed by atoms with Crippen LogP contribution in [0.4, 0.5) is 13.2 Å². The second kappa shape index (κ2) is 5.72. The first-order chi connectivity index (χ1) is 10.9. The van der Waals surface area contributed by atoms with Gasteiger partial charge in [0.25, 0.3) is 5.56 Å². The lowest BCUT2D eigenvalue weighted by Gasteiger charge is -2.08. The summed E-state index contributed by atoms with van der Waals surface area (Å²) >= 11 is 0. The number of halogens is 3. The summed E-state index contributed by atoms with van der Waals surface area (Å²) in [5, 5.41) is 0. The second-order valence-corrected chi connectivity index (χ2v) is 4.81. The summed E-state index contributed by atoms with van der Waals surface area (Å²) in [6, 6.07) is 14.5. The molecule has 6 heteroatoms. The van der Waals surface area contributed by atoms with Crippen LogP contribution in [0.15, 0.2) is 69.9 Å². The van der Waals surface area contributed by atoms with Gasteiger partial charge in [0.05, 0.1) is 5.56 Å². The Kier molecular flexibility index (Phi) is 3.73. The highest BCUT2D eigenvalue weighted by Crippen LogP contribution is 2.32. The van der Waals surface area contributed by atoms with E-state index in [0.29, 0.717) is 5.56 Å². The van der Waals surface area contributed by atoms with E-state index in [1.165, 1.54) is 18.2 Å². The maximum Gasteiger partial charge on any atom is 0.416 e. The van der Waals surface area contributed by atoms with Crippen LogP contribution in [0, 0.1) is 0 Å². The molecule has 3 aromatic rings.